The van der Waals surface area contributed by atoms with E-state index >= 15 is 0 Å². The van der Waals surface area contributed by atoms with Gasteiger partial charge in [0.15, 0.2) is 5.75 Å². The van der Waals surface area contributed by atoms with Crippen molar-refractivity contribution in [2.75, 3.05) is 0 Å². The van der Waals surface area contributed by atoms with Crippen LogP contribution in [0, 0.1) is 0 Å². The summed E-state index contributed by atoms with van der Waals surface area (Å²) in [5, 5.41) is 1.87. The molecule has 15 heavy (non-hydrogen) atoms. The van der Waals surface area contributed by atoms with Crippen molar-refractivity contribution < 1.29 is 4.74 Å². The van der Waals surface area contributed by atoms with E-state index in [0.29, 0.717) is 5.56 Å². The highest BCUT2D eigenvalue weighted by atomic mass is 32.1. The Morgan fingerprint density at radius 3 is 2.53 bits per heavy atom. The zero-order chi connectivity index (χ0) is 11.0. The van der Waals surface area contributed by atoms with Crippen molar-refractivity contribution in [1.82, 2.24) is 0 Å². The van der Waals surface area contributed by atoms with E-state index in [1.807, 2.05) is 31.4 Å². The first-order valence-corrected chi connectivity index (χ1v) is 5.53. The molecule has 2 aromatic rings. The standard InChI is InChI=1S/C11H10O3S/c1-6(2)14-11-8(9(12)10(11)13)7-4-3-5-15-7/h3-6H,1-2H3. The van der Waals surface area contributed by atoms with Crippen molar-refractivity contribution in [3.05, 3.63) is 38.0 Å². The van der Waals surface area contributed by atoms with Crippen LogP contribution < -0.4 is 15.6 Å². The summed E-state index contributed by atoms with van der Waals surface area (Å²) in [5.74, 6) is 0.220. The number of hydrogen-bond donors (Lipinski definition) is 0. The summed E-state index contributed by atoms with van der Waals surface area (Å²) in [5.41, 5.74) is -0.510. The van der Waals surface area contributed by atoms with E-state index in [4.69, 9.17) is 4.74 Å². The van der Waals surface area contributed by atoms with E-state index in [0.717, 1.165) is 4.88 Å². The van der Waals surface area contributed by atoms with Crippen molar-refractivity contribution in [2.24, 2.45) is 0 Å². The van der Waals surface area contributed by atoms with Gasteiger partial charge in [-0.3, -0.25) is 9.59 Å². The van der Waals surface area contributed by atoms with Gasteiger partial charge in [-0.2, -0.15) is 0 Å². The Hall–Kier alpha value is -1.42. The summed E-state index contributed by atoms with van der Waals surface area (Å²) in [6.45, 7) is 3.66. The van der Waals surface area contributed by atoms with Crippen molar-refractivity contribution in [3.63, 3.8) is 0 Å². The van der Waals surface area contributed by atoms with Gasteiger partial charge in [-0.15, -0.1) is 11.3 Å². The fraction of sp³-hybridized carbons (Fsp3) is 0.273. The molecule has 0 unspecified atom stereocenters. The average Bonchev–Trinajstić information content (AvgIpc) is 2.69. The van der Waals surface area contributed by atoms with Gasteiger partial charge in [-0.05, 0) is 25.3 Å². The molecular formula is C11H10O3S. The summed E-state index contributed by atoms with van der Waals surface area (Å²) in [7, 11) is 0. The van der Waals surface area contributed by atoms with Gasteiger partial charge in [0.05, 0.1) is 11.7 Å². The zero-order valence-electron chi connectivity index (χ0n) is 8.44. The lowest BCUT2D eigenvalue weighted by Gasteiger charge is -2.13. The second kappa shape index (κ2) is 3.62. The Labute approximate surface area is 90.6 Å². The SMILES string of the molecule is CC(C)Oc1c(-c2cccs2)c(=O)c1=O. The minimum atomic E-state index is -0.507. The largest absolute Gasteiger partial charge is 0.486 e. The highest BCUT2D eigenvalue weighted by molar-refractivity contribution is 7.13. The van der Waals surface area contributed by atoms with Crippen molar-refractivity contribution >= 4 is 11.3 Å². The predicted molar refractivity (Wildman–Crippen MR) is 60.4 cm³/mol. The lowest BCUT2D eigenvalue weighted by molar-refractivity contribution is 0.238. The first-order chi connectivity index (χ1) is 7.11. The summed E-state index contributed by atoms with van der Waals surface area (Å²) < 4.78 is 5.32. The van der Waals surface area contributed by atoms with E-state index in [1.165, 1.54) is 11.3 Å². The molecule has 0 saturated heterocycles. The van der Waals surface area contributed by atoms with Gasteiger partial charge in [0.25, 0.3) is 5.43 Å². The van der Waals surface area contributed by atoms with Crippen LogP contribution in [0.3, 0.4) is 0 Å². The molecule has 0 bridgehead atoms. The molecule has 78 valence electrons. The van der Waals surface area contributed by atoms with Gasteiger partial charge in [-0.25, -0.2) is 0 Å². The normalized spacial score (nSPS) is 11.1. The van der Waals surface area contributed by atoms with E-state index < -0.39 is 10.9 Å². The van der Waals surface area contributed by atoms with Crippen LogP contribution in [0.1, 0.15) is 13.8 Å². The first kappa shape index (κ1) is 10.1. The lowest BCUT2D eigenvalue weighted by Crippen LogP contribution is -2.35. The number of ether oxygens (including phenoxy) is 1. The molecule has 0 aliphatic rings. The maximum atomic E-state index is 11.4. The van der Waals surface area contributed by atoms with Crippen LogP contribution in [0.4, 0.5) is 0 Å². The zero-order valence-corrected chi connectivity index (χ0v) is 9.26. The van der Waals surface area contributed by atoms with E-state index in [-0.39, 0.29) is 11.9 Å². The predicted octanol–water partition coefficient (Wildman–Crippen LogP) is 1.80. The topological polar surface area (TPSA) is 43.4 Å². The summed E-state index contributed by atoms with van der Waals surface area (Å²) >= 11 is 1.43. The molecule has 2 rings (SSSR count). The van der Waals surface area contributed by atoms with Crippen LogP contribution in [0.5, 0.6) is 5.75 Å². The molecule has 0 aliphatic carbocycles. The van der Waals surface area contributed by atoms with E-state index in [1.54, 1.807) is 0 Å². The van der Waals surface area contributed by atoms with E-state index in [9.17, 15) is 9.59 Å². The van der Waals surface area contributed by atoms with Gasteiger partial charge < -0.3 is 4.74 Å². The molecular weight excluding hydrogens is 212 g/mol. The molecule has 0 spiro atoms. The molecule has 0 aliphatic heterocycles. The highest BCUT2D eigenvalue weighted by Crippen LogP contribution is 2.29. The highest BCUT2D eigenvalue weighted by Gasteiger charge is 2.25. The van der Waals surface area contributed by atoms with Gasteiger partial charge in [-0.1, -0.05) is 6.07 Å². The van der Waals surface area contributed by atoms with Gasteiger partial charge in [0.2, 0.25) is 5.43 Å². The monoisotopic (exact) mass is 222 g/mol. The molecule has 0 fully saturated rings. The Bertz CT molecular complexity index is 530. The summed E-state index contributed by atoms with van der Waals surface area (Å²) in [6.07, 6.45) is -0.0907. The Balaban J connectivity index is 2.46. The van der Waals surface area contributed by atoms with E-state index in [2.05, 4.69) is 0 Å². The molecule has 0 N–H and O–H groups in total. The van der Waals surface area contributed by atoms with Crippen LogP contribution in [0.2, 0.25) is 0 Å². The third kappa shape index (κ3) is 1.61. The van der Waals surface area contributed by atoms with Crippen LogP contribution in [-0.2, 0) is 0 Å². The fourth-order valence-corrected chi connectivity index (χ4v) is 2.13. The molecule has 1 heterocycles. The summed E-state index contributed by atoms with van der Waals surface area (Å²) in [4.78, 5) is 23.4. The first-order valence-electron chi connectivity index (χ1n) is 4.65. The Kier molecular flexibility index (Phi) is 2.44. The second-order valence-corrected chi connectivity index (χ2v) is 4.45. The third-order valence-electron chi connectivity index (χ3n) is 1.99. The van der Waals surface area contributed by atoms with Crippen molar-refractivity contribution in [2.45, 2.75) is 20.0 Å². The van der Waals surface area contributed by atoms with Crippen LogP contribution in [0.15, 0.2) is 27.1 Å². The fourth-order valence-electron chi connectivity index (χ4n) is 1.36. The van der Waals surface area contributed by atoms with Gasteiger partial charge in [0, 0.05) is 4.88 Å². The van der Waals surface area contributed by atoms with Crippen LogP contribution in [-0.4, -0.2) is 6.10 Å². The van der Waals surface area contributed by atoms with Crippen LogP contribution >= 0.6 is 11.3 Å². The smallest absolute Gasteiger partial charge is 0.269 e. The average molecular weight is 222 g/mol. The molecule has 4 heteroatoms. The van der Waals surface area contributed by atoms with Crippen molar-refractivity contribution in [1.29, 1.82) is 0 Å². The Morgan fingerprint density at radius 1 is 1.27 bits per heavy atom. The lowest BCUT2D eigenvalue weighted by atomic mass is 10.1. The molecule has 3 nitrogen and oxygen atoms in total. The van der Waals surface area contributed by atoms with Gasteiger partial charge in [0.1, 0.15) is 0 Å². The van der Waals surface area contributed by atoms with Crippen LogP contribution in [0.25, 0.3) is 10.4 Å². The van der Waals surface area contributed by atoms with Crippen molar-refractivity contribution in [3.8, 4) is 16.2 Å². The maximum Gasteiger partial charge on any atom is 0.269 e. The second-order valence-electron chi connectivity index (χ2n) is 3.51. The molecule has 1 aromatic carbocycles. The molecule has 0 amide bonds. The third-order valence-corrected chi connectivity index (χ3v) is 2.88. The summed E-state index contributed by atoms with van der Waals surface area (Å²) in [6, 6.07) is 3.66. The minimum Gasteiger partial charge on any atom is -0.486 e. The Morgan fingerprint density at radius 2 is 2.00 bits per heavy atom. The molecule has 0 radical (unpaired) electrons. The maximum absolute atomic E-state index is 11.4. The van der Waals surface area contributed by atoms with Gasteiger partial charge >= 0.3 is 0 Å². The number of thiophene rings is 1. The molecule has 0 saturated carbocycles. The molecule has 0 atom stereocenters. The number of hydrogen-bond acceptors (Lipinski definition) is 4. The minimum absolute atomic E-state index is 0.0907. The quantitative estimate of drug-likeness (QED) is 0.744. The number of rotatable bonds is 3. The molecule has 1 aromatic heterocycles.